The third-order valence-electron chi connectivity index (χ3n) is 4.99. The number of hydrogen-bond donors (Lipinski definition) is 1. The number of carbonyl (C=O) groups is 1. The lowest BCUT2D eigenvalue weighted by Gasteiger charge is -2.13. The highest BCUT2D eigenvalue weighted by atomic mass is 31.2. The van der Waals surface area contributed by atoms with Crippen molar-refractivity contribution in [3.8, 4) is 5.75 Å². The Kier molecular flexibility index (Phi) is 14.8. The van der Waals surface area contributed by atoms with Crippen LogP contribution in [0.1, 0.15) is 107 Å². The first-order chi connectivity index (χ1) is 14.1. The monoisotopic (exact) mass is 426 g/mol. The second kappa shape index (κ2) is 16.6. The Labute approximate surface area is 176 Å². The van der Waals surface area contributed by atoms with Crippen LogP contribution in [0.5, 0.6) is 5.75 Å². The van der Waals surface area contributed by atoms with E-state index in [9.17, 15) is 14.3 Å². The first kappa shape index (κ1) is 25.9. The van der Waals surface area contributed by atoms with Crippen molar-refractivity contribution in [3.63, 3.8) is 0 Å². The number of benzene rings is 1. The molecule has 0 amide bonds. The SMILES string of the molecule is CCCCCCCCCCCCCCCCOP(=O)(O)Oc1ccc(C=O)cc1. The van der Waals surface area contributed by atoms with Gasteiger partial charge in [0.1, 0.15) is 12.0 Å². The first-order valence-corrected chi connectivity index (χ1v) is 12.8. The summed E-state index contributed by atoms with van der Waals surface area (Å²) in [6.45, 7) is 2.46. The number of hydrogen-bond acceptors (Lipinski definition) is 4. The van der Waals surface area contributed by atoms with Gasteiger partial charge >= 0.3 is 7.82 Å². The number of phosphoric acid groups is 1. The van der Waals surface area contributed by atoms with Crippen LogP contribution in [-0.2, 0) is 9.09 Å². The molecule has 0 saturated heterocycles. The average Bonchev–Trinajstić information content (AvgIpc) is 2.71. The molecular formula is C23H39O5P. The maximum Gasteiger partial charge on any atom is 0.527 e. The van der Waals surface area contributed by atoms with Gasteiger partial charge in [-0.1, -0.05) is 90.4 Å². The number of unbranched alkanes of at least 4 members (excludes halogenated alkanes) is 13. The summed E-state index contributed by atoms with van der Waals surface area (Å²) in [5.74, 6) is 0.211. The molecule has 0 aliphatic heterocycles. The van der Waals surface area contributed by atoms with Crippen LogP contribution in [0.4, 0.5) is 0 Å². The van der Waals surface area contributed by atoms with Crippen LogP contribution in [0.15, 0.2) is 24.3 Å². The minimum atomic E-state index is -4.11. The van der Waals surface area contributed by atoms with Crippen molar-refractivity contribution in [2.24, 2.45) is 0 Å². The van der Waals surface area contributed by atoms with Crippen molar-refractivity contribution in [1.29, 1.82) is 0 Å². The summed E-state index contributed by atoms with van der Waals surface area (Å²) < 4.78 is 21.9. The largest absolute Gasteiger partial charge is 0.527 e. The Morgan fingerprint density at radius 1 is 0.793 bits per heavy atom. The van der Waals surface area contributed by atoms with Crippen LogP contribution in [0, 0.1) is 0 Å². The quantitative estimate of drug-likeness (QED) is 0.141. The summed E-state index contributed by atoms with van der Waals surface area (Å²) in [5.41, 5.74) is 0.480. The summed E-state index contributed by atoms with van der Waals surface area (Å²) in [4.78, 5) is 20.3. The third kappa shape index (κ3) is 14.5. The van der Waals surface area contributed by atoms with E-state index >= 15 is 0 Å². The Hall–Kier alpha value is -1.16. The Balaban J connectivity index is 1.93. The first-order valence-electron chi connectivity index (χ1n) is 11.3. The fourth-order valence-electron chi connectivity index (χ4n) is 3.24. The maximum absolute atomic E-state index is 11.9. The molecule has 0 aromatic heterocycles. The lowest BCUT2D eigenvalue weighted by molar-refractivity contribution is 0.112. The van der Waals surface area contributed by atoms with Crippen molar-refractivity contribution < 1.29 is 23.3 Å². The molecule has 0 spiro atoms. The zero-order valence-corrected chi connectivity index (χ0v) is 18.9. The smallest absolute Gasteiger partial charge is 0.404 e. The van der Waals surface area contributed by atoms with Gasteiger partial charge in [0.05, 0.1) is 6.61 Å². The molecule has 5 nitrogen and oxygen atoms in total. The maximum atomic E-state index is 11.9. The number of carbonyl (C=O) groups excluding carboxylic acids is 1. The van der Waals surface area contributed by atoms with Crippen molar-refractivity contribution >= 4 is 14.1 Å². The molecule has 1 rings (SSSR count). The lowest BCUT2D eigenvalue weighted by atomic mass is 10.0. The van der Waals surface area contributed by atoms with E-state index in [-0.39, 0.29) is 12.4 Å². The highest BCUT2D eigenvalue weighted by Crippen LogP contribution is 2.43. The predicted octanol–water partition coefficient (Wildman–Crippen LogP) is 7.48. The normalized spacial score (nSPS) is 13.2. The molecule has 1 N–H and O–H groups in total. The molecular weight excluding hydrogens is 387 g/mol. The van der Waals surface area contributed by atoms with E-state index < -0.39 is 7.82 Å². The second-order valence-electron chi connectivity index (χ2n) is 7.68. The molecule has 0 aliphatic carbocycles. The summed E-state index contributed by atoms with van der Waals surface area (Å²) in [5, 5.41) is 0. The van der Waals surface area contributed by atoms with Gasteiger partial charge in [0.15, 0.2) is 0 Å². The zero-order chi connectivity index (χ0) is 21.2. The average molecular weight is 427 g/mol. The van der Waals surface area contributed by atoms with E-state index in [2.05, 4.69) is 6.92 Å². The van der Waals surface area contributed by atoms with Gasteiger partial charge < -0.3 is 4.52 Å². The van der Waals surface area contributed by atoms with E-state index in [1.165, 1.54) is 94.9 Å². The molecule has 6 heteroatoms. The summed E-state index contributed by atoms with van der Waals surface area (Å²) in [7, 11) is -4.11. The molecule has 0 aliphatic rings. The van der Waals surface area contributed by atoms with Crippen LogP contribution < -0.4 is 4.52 Å². The molecule has 0 saturated carbocycles. The highest BCUT2D eigenvalue weighted by molar-refractivity contribution is 7.47. The van der Waals surface area contributed by atoms with Crippen LogP contribution in [0.2, 0.25) is 0 Å². The van der Waals surface area contributed by atoms with E-state index in [0.29, 0.717) is 11.8 Å². The molecule has 0 radical (unpaired) electrons. The number of aldehydes is 1. The molecule has 0 bridgehead atoms. The van der Waals surface area contributed by atoms with Crippen molar-refractivity contribution in [1.82, 2.24) is 0 Å². The van der Waals surface area contributed by atoms with Gasteiger partial charge in [-0.3, -0.25) is 14.2 Å². The van der Waals surface area contributed by atoms with E-state index in [4.69, 9.17) is 9.05 Å². The molecule has 166 valence electrons. The topological polar surface area (TPSA) is 72.8 Å². The van der Waals surface area contributed by atoms with Gasteiger partial charge in [-0.15, -0.1) is 0 Å². The van der Waals surface area contributed by atoms with Crippen molar-refractivity contribution in [3.05, 3.63) is 29.8 Å². The lowest BCUT2D eigenvalue weighted by Crippen LogP contribution is -1.99. The molecule has 0 fully saturated rings. The standard InChI is InChI=1S/C23H39O5P/c1-2-3-4-5-6-7-8-9-10-11-12-13-14-15-20-27-29(25,26)28-23-18-16-22(21-24)17-19-23/h16-19,21H,2-15,20H2,1H3,(H,25,26). The molecule has 1 unspecified atom stereocenters. The minimum absolute atomic E-state index is 0.207. The van der Waals surface area contributed by atoms with Crippen molar-refractivity contribution in [2.45, 2.75) is 96.8 Å². The third-order valence-corrected chi connectivity index (χ3v) is 5.94. The van der Waals surface area contributed by atoms with Gasteiger partial charge in [-0.05, 0) is 30.7 Å². The van der Waals surface area contributed by atoms with Gasteiger partial charge in [-0.25, -0.2) is 4.57 Å². The van der Waals surface area contributed by atoms with E-state index in [1.807, 2.05) is 0 Å². The Bertz CT molecular complexity index is 573. The van der Waals surface area contributed by atoms with E-state index in [1.54, 1.807) is 0 Å². The number of rotatable bonds is 19. The van der Waals surface area contributed by atoms with E-state index in [0.717, 1.165) is 19.3 Å². The van der Waals surface area contributed by atoms with Gasteiger partial charge in [-0.2, -0.15) is 0 Å². The van der Waals surface area contributed by atoms with Crippen LogP contribution in [0.3, 0.4) is 0 Å². The Morgan fingerprint density at radius 2 is 1.24 bits per heavy atom. The minimum Gasteiger partial charge on any atom is -0.404 e. The molecule has 1 aromatic carbocycles. The molecule has 0 heterocycles. The Morgan fingerprint density at radius 3 is 1.69 bits per heavy atom. The fraction of sp³-hybridized carbons (Fsp3) is 0.696. The summed E-state index contributed by atoms with van der Waals surface area (Å²) in [6.07, 6.45) is 18.3. The second-order valence-corrected chi connectivity index (χ2v) is 9.05. The fourth-order valence-corrected chi connectivity index (χ4v) is 4.04. The van der Waals surface area contributed by atoms with Crippen LogP contribution in [0.25, 0.3) is 0 Å². The molecule has 1 atom stereocenters. The van der Waals surface area contributed by atoms with Crippen LogP contribution >= 0.6 is 7.82 Å². The van der Waals surface area contributed by atoms with Crippen LogP contribution in [-0.4, -0.2) is 17.8 Å². The summed E-state index contributed by atoms with van der Waals surface area (Å²) in [6, 6.07) is 6.00. The summed E-state index contributed by atoms with van der Waals surface area (Å²) >= 11 is 0. The number of phosphoric ester groups is 1. The van der Waals surface area contributed by atoms with Gasteiger partial charge in [0.2, 0.25) is 0 Å². The zero-order valence-electron chi connectivity index (χ0n) is 18.0. The highest BCUT2D eigenvalue weighted by Gasteiger charge is 2.22. The molecule has 1 aromatic rings. The van der Waals surface area contributed by atoms with Gasteiger partial charge in [0, 0.05) is 5.56 Å². The predicted molar refractivity (Wildman–Crippen MR) is 119 cm³/mol. The molecule has 29 heavy (non-hydrogen) atoms. The van der Waals surface area contributed by atoms with Crippen molar-refractivity contribution in [2.75, 3.05) is 6.61 Å². The van der Waals surface area contributed by atoms with Gasteiger partial charge in [0.25, 0.3) is 0 Å².